The van der Waals surface area contributed by atoms with Crippen molar-refractivity contribution in [3.63, 3.8) is 0 Å². The fourth-order valence-corrected chi connectivity index (χ4v) is 2.60. The Kier molecular flexibility index (Phi) is 5.89. The second-order valence-corrected chi connectivity index (χ2v) is 5.64. The Hall–Kier alpha value is -1.95. The van der Waals surface area contributed by atoms with Crippen LogP contribution >= 0.6 is 0 Å². The smallest absolute Gasteiger partial charge is 0.241 e. The molecule has 3 N–H and O–H groups in total. The van der Waals surface area contributed by atoms with E-state index >= 15 is 0 Å². The highest BCUT2D eigenvalue weighted by molar-refractivity contribution is 5.85. The van der Waals surface area contributed by atoms with E-state index in [-0.39, 0.29) is 30.6 Å². The average Bonchev–Trinajstić information content (AvgIpc) is 2.52. The molecule has 1 aliphatic rings. The van der Waals surface area contributed by atoms with Gasteiger partial charge in [0.05, 0.1) is 13.0 Å². The van der Waals surface area contributed by atoms with Crippen molar-refractivity contribution in [2.45, 2.75) is 19.3 Å². The molecule has 5 nitrogen and oxygen atoms in total. The number of hydrogen-bond donors (Lipinski definition) is 2. The maximum absolute atomic E-state index is 13.0. The van der Waals surface area contributed by atoms with Crippen LogP contribution in [-0.4, -0.2) is 42.9 Å². The van der Waals surface area contributed by atoms with Crippen LogP contribution in [0.4, 0.5) is 4.39 Å². The van der Waals surface area contributed by atoms with Gasteiger partial charge in [0.25, 0.3) is 0 Å². The molecule has 1 aromatic carbocycles. The lowest BCUT2D eigenvalue weighted by molar-refractivity contribution is -0.133. The molecule has 0 aromatic heterocycles. The lowest BCUT2D eigenvalue weighted by Crippen LogP contribution is -2.45. The first kappa shape index (κ1) is 16.4. The Labute approximate surface area is 129 Å². The molecule has 22 heavy (non-hydrogen) atoms. The van der Waals surface area contributed by atoms with E-state index in [0.29, 0.717) is 31.1 Å². The first-order chi connectivity index (χ1) is 10.6. The zero-order valence-electron chi connectivity index (χ0n) is 12.6. The van der Waals surface area contributed by atoms with Gasteiger partial charge in [-0.25, -0.2) is 4.39 Å². The predicted molar refractivity (Wildman–Crippen MR) is 81.5 cm³/mol. The molecule has 0 saturated carbocycles. The number of hydrogen-bond acceptors (Lipinski definition) is 3. The molecule has 2 rings (SSSR count). The topological polar surface area (TPSA) is 75.4 Å². The summed E-state index contributed by atoms with van der Waals surface area (Å²) in [6, 6.07) is 5.89. The van der Waals surface area contributed by atoms with Crippen LogP contribution in [0.25, 0.3) is 0 Å². The third kappa shape index (κ3) is 4.80. The number of carbonyl (C=O) groups is 2. The Morgan fingerprint density at radius 3 is 2.68 bits per heavy atom. The zero-order valence-corrected chi connectivity index (χ0v) is 12.6. The van der Waals surface area contributed by atoms with Crippen LogP contribution in [0.3, 0.4) is 0 Å². The first-order valence-electron chi connectivity index (χ1n) is 7.57. The second kappa shape index (κ2) is 7.89. The van der Waals surface area contributed by atoms with E-state index in [1.54, 1.807) is 17.0 Å². The van der Waals surface area contributed by atoms with E-state index in [2.05, 4.69) is 5.32 Å². The second-order valence-electron chi connectivity index (χ2n) is 5.64. The summed E-state index contributed by atoms with van der Waals surface area (Å²) < 4.78 is 13.0. The predicted octanol–water partition coefficient (Wildman–Crippen LogP) is 0.682. The molecule has 1 heterocycles. The van der Waals surface area contributed by atoms with Gasteiger partial charge in [-0.2, -0.15) is 0 Å². The van der Waals surface area contributed by atoms with Crippen molar-refractivity contribution in [3.8, 4) is 0 Å². The fourth-order valence-electron chi connectivity index (χ4n) is 2.60. The number of nitrogens with zero attached hydrogens (tertiary/aromatic N) is 1. The summed E-state index contributed by atoms with van der Waals surface area (Å²) in [5.41, 5.74) is 6.21. The number of amides is 2. The van der Waals surface area contributed by atoms with E-state index in [1.807, 2.05) is 0 Å². The van der Waals surface area contributed by atoms with E-state index < -0.39 is 0 Å². The number of nitrogens with one attached hydrogen (secondary N) is 1. The summed E-state index contributed by atoms with van der Waals surface area (Å²) in [7, 11) is 0. The molecule has 6 heteroatoms. The molecule has 0 radical (unpaired) electrons. The van der Waals surface area contributed by atoms with Gasteiger partial charge in [0.1, 0.15) is 5.82 Å². The summed E-state index contributed by atoms with van der Waals surface area (Å²) in [4.78, 5) is 25.6. The highest BCUT2D eigenvalue weighted by atomic mass is 19.1. The highest BCUT2D eigenvalue weighted by Gasteiger charge is 2.21. The molecule has 0 unspecified atom stereocenters. The minimum atomic E-state index is -0.371. The van der Waals surface area contributed by atoms with Crippen LogP contribution in [0.5, 0.6) is 0 Å². The zero-order chi connectivity index (χ0) is 15.9. The standard InChI is InChI=1S/C16H22FN3O2/c17-14-3-1-2-13(8-14)9-15(21)19-11-16(22)20-6-4-12(10-18)5-7-20/h1-3,8,12H,4-7,9-11,18H2,(H,19,21). The van der Waals surface area contributed by atoms with E-state index in [9.17, 15) is 14.0 Å². The van der Waals surface area contributed by atoms with Crippen molar-refractivity contribution in [2.24, 2.45) is 11.7 Å². The van der Waals surface area contributed by atoms with Crippen molar-refractivity contribution < 1.29 is 14.0 Å². The van der Waals surface area contributed by atoms with E-state index in [4.69, 9.17) is 5.73 Å². The number of benzene rings is 1. The maximum Gasteiger partial charge on any atom is 0.241 e. The molecule has 0 spiro atoms. The van der Waals surface area contributed by atoms with Crippen molar-refractivity contribution >= 4 is 11.8 Å². The molecule has 1 aliphatic heterocycles. The van der Waals surface area contributed by atoms with Crippen LogP contribution in [-0.2, 0) is 16.0 Å². The number of nitrogens with two attached hydrogens (primary N) is 1. The SMILES string of the molecule is NCC1CCN(C(=O)CNC(=O)Cc2cccc(F)c2)CC1. The Morgan fingerprint density at radius 2 is 2.05 bits per heavy atom. The summed E-state index contributed by atoms with van der Waals surface area (Å²) in [5, 5.41) is 2.60. The van der Waals surface area contributed by atoms with Gasteiger partial charge in [-0.15, -0.1) is 0 Å². The number of likely N-dealkylation sites (tertiary alicyclic amines) is 1. The summed E-state index contributed by atoms with van der Waals surface area (Å²) in [6.45, 7) is 2.04. The average molecular weight is 307 g/mol. The lowest BCUT2D eigenvalue weighted by atomic mass is 9.97. The normalized spacial score (nSPS) is 15.6. The van der Waals surface area contributed by atoms with Gasteiger partial charge in [-0.1, -0.05) is 12.1 Å². The van der Waals surface area contributed by atoms with Crippen LogP contribution in [0.1, 0.15) is 18.4 Å². The lowest BCUT2D eigenvalue weighted by Gasteiger charge is -2.31. The van der Waals surface area contributed by atoms with Crippen LogP contribution in [0.15, 0.2) is 24.3 Å². The summed E-state index contributed by atoms with van der Waals surface area (Å²) >= 11 is 0. The minimum Gasteiger partial charge on any atom is -0.347 e. The van der Waals surface area contributed by atoms with Crippen molar-refractivity contribution in [1.82, 2.24) is 10.2 Å². The Morgan fingerprint density at radius 1 is 1.32 bits per heavy atom. The summed E-state index contributed by atoms with van der Waals surface area (Å²) in [5.74, 6) is -0.241. The fraction of sp³-hybridized carbons (Fsp3) is 0.500. The van der Waals surface area contributed by atoms with Crippen molar-refractivity contribution in [1.29, 1.82) is 0 Å². The van der Waals surface area contributed by atoms with Gasteiger partial charge < -0.3 is 16.0 Å². The molecule has 2 amide bonds. The largest absolute Gasteiger partial charge is 0.347 e. The van der Waals surface area contributed by atoms with Crippen LogP contribution in [0, 0.1) is 11.7 Å². The minimum absolute atomic E-state index is 0.0125. The number of piperidine rings is 1. The highest BCUT2D eigenvalue weighted by Crippen LogP contribution is 2.15. The molecule has 0 bridgehead atoms. The van der Waals surface area contributed by atoms with Gasteiger partial charge >= 0.3 is 0 Å². The van der Waals surface area contributed by atoms with Crippen molar-refractivity contribution in [3.05, 3.63) is 35.6 Å². The van der Waals surface area contributed by atoms with E-state index in [0.717, 1.165) is 12.8 Å². The Bertz CT molecular complexity index is 528. The third-order valence-electron chi connectivity index (χ3n) is 3.99. The van der Waals surface area contributed by atoms with Crippen molar-refractivity contribution in [2.75, 3.05) is 26.2 Å². The molecule has 1 aromatic rings. The maximum atomic E-state index is 13.0. The molecular weight excluding hydrogens is 285 g/mol. The third-order valence-corrected chi connectivity index (χ3v) is 3.99. The quantitative estimate of drug-likeness (QED) is 0.840. The van der Waals surface area contributed by atoms with Gasteiger partial charge in [0.2, 0.25) is 11.8 Å². The molecule has 0 aliphatic carbocycles. The van der Waals surface area contributed by atoms with Gasteiger partial charge in [0.15, 0.2) is 0 Å². The number of rotatable bonds is 5. The van der Waals surface area contributed by atoms with Gasteiger partial charge in [-0.05, 0) is 43.0 Å². The summed E-state index contributed by atoms with van der Waals surface area (Å²) in [6.07, 6.45) is 1.90. The number of carbonyl (C=O) groups excluding carboxylic acids is 2. The van der Waals surface area contributed by atoms with Gasteiger partial charge in [-0.3, -0.25) is 9.59 Å². The monoisotopic (exact) mass is 307 g/mol. The molecule has 1 fully saturated rings. The molecule has 120 valence electrons. The molecule has 1 saturated heterocycles. The van der Waals surface area contributed by atoms with E-state index in [1.165, 1.54) is 12.1 Å². The van der Waals surface area contributed by atoms with Gasteiger partial charge in [0, 0.05) is 13.1 Å². The first-order valence-corrected chi connectivity index (χ1v) is 7.57. The molecular formula is C16H22FN3O2. The number of halogens is 1. The van der Waals surface area contributed by atoms with Crippen LogP contribution < -0.4 is 11.1 Å². The molecule has 0 atom stereocenters. The Balaban J connectivity index is 1.73. The van der Waals surface area contributed by atoms with Crippen LogP contribution in [0.2, 0.25) is 0 Å².